The molecule has 0 amide bonds. The molecular formula is C61H58N4O+2. The number of nitrogens with zero attached hydrogens (tertiary/aromatic N) is 4. The molecule has 0 bridgehead atoms. The Kier molecular flexibility index (Phi) is 9.46. The van der Waals surface area contributed by atoms with Crippen LogP contribution in [-0.4, -0.2) is 15.6 Å². The molecule has 0 spiro atoms. The molecule has 0 saturated heterocycles. The van der Waals surface area contributed by atoms with Crippen LogP contribution in [0.5, 0.6) is 11.5 Å². The molecule has 5 heteroatoms. The predicted molar refractivity (Wildman–Crippen MR) is 278 cm³/mol. The van der Waals surface area contributed by atoms with Gasteiger partial charge in [0.1, 0.15) is 17.3 Å². The number of ether oxygens (including phenoxy) is 1. The van der Waals surface area contributed by atoms with Crippen LogP contribution in [-0.2, 0) is 16.2 Å². The zero-order valence-electron chi connectivity index (χ0n) is 42.4. The smallest absolute Gasteiger partial charge is 0.457 e. The first-order valence-electron chi connectivity index (χ1n) is 24.4. The number of fused-ring (bicyclic) bond motifs is 4. The summed E-state index contributed by atoms with van der Waals surface area (Å²) in [6, 6.07) is 60.0. The molecule has 1 aliphatic rings. The van der Waals surface area contributed by atoms with Crippen molar-refractivity contribution in [3.63, 3.8) is 0 Å². The molecule has 0 radical (unpaired) electrons. The molecule has 2 aromatic heterocycles. The number of aryl methyl sites for hydroxylation is 1. The largest absolute Gasteiger partial charge is 0.503 e. The fraction of sp³-hybridized carbons (Fsp3) is 0.213. The topological polar surface area (TPSA) is 33.1 Å². The molecule has 0 atom stereocenters. The molecule has 3 heterocycles. The first kappa shape index (κ1) is 39.1. The van der Waals surface area contributed by atoms with Crippen LogP contribution in [0, 0.1) is 6.85 Å². The van der Waals surface area contributed by atoms with Gasteiger partial charge in [-0.3, -0.25) is 4.57 Å². The molecule has 66 heavy (non-hydrogen) atoms. The summed E-state index contributed by atoms with van der Waals surface area (Å²) in [5.74, 6) is 1.80. The van der Waals surface area contributed by atoms with Gasteiger partial charge in [-0.2, -0.15) is 0 Å². The van der Waals surface area contributed by atoms with Crippen LogP contribution in [0.2, 0.25) is 0 Å². The Morgan fingerprint density at radius 1 is 0.515 bits per heavy atom. The van der Waals surface area contributed by atoms with E-state index in [-0.39, 0.29) is 21.8 Å². The summed E-state index contributed by atoms with van der Waals surface area (Å²) >= 11 is 0. The zero-order valence-corrected chi connectivity index (χ0v) is 39.4. The van der Waals surface area contributed by atoms with Gasteiger partial charge in [0.05, 0.1) is 22.7 Å². The lowest BCUT2D eigenvalue weighted by Gasteiger charge is -2.24. The lowest BCUT2D eigenvalue weighted by atomic mass is 9.80. The molecule has 1 aliphatic heterocycles. The Balaban J connectivity index is 1.10. The lowest BCUT2D eigenvalue weighted by molar-refractivity contribution is 0.483. The third-order valence-electron chi connectivity index (χ3n) is 12.8. The van der Waals surface area contributed by atoms with E-state index in [2.05, 4.69) is 162 Å². The maximum Gasteiger partial charge on any atom is 0.503 e. The third kappa shape index (κ3) is 7.84. The molecule has 0 saturated carbocycles. The van der Waals surface area contributed by atoms with E-state index in [0.717, 1.165) is 61.2 Å². The Bertz CT molecular complexity index is 3520. The zero-order chi connectivity index (χ0) is 48.6. The molecule has 0 unspecified atom stereocenters. The SMILES string of the molecule is [2H]C([2H])([2H])c1cc(-n2c3ccccc3c3ccc(Oc4cccc([N+]5=C=[N+](c6cc(C(C)(C)C)cc(C(C)(C)C)c6)c6c(-c7cccc(C(C)(C)C)c7)cccc65)c4)cc32)ncc1-c1ccccc1. The van der Waals surface area contributed by atoms with Gasteiger partial charge in [-0.25, -0.2) is 4.98 Å². The summed E-state index contributed by atoms with van der Waals surface area (Å²) in [6.45, 7) is 18.1. The fourth-order valence-corrected chi connectivity index (χ4v) is 9.02. The minimum absolute atomic E-state index is 0.0175. The number of pyridine rings is 1. The van der Waals surface area contributed by atoms with E-state index in [0.29, 0.717) is 22.9 Å². The van der Waals surface area contributed by atoms with Crippen molar-refractivity contribution >= 4 is 50.6 Å². The van der Waals surface area contributed by atoms with Gasteiger partial charge in [-0.05, 0) is 102 Å². The molecular weight excluding hydrogens is 805 g/mol. The van der Waals surface area contributed by atoms with Gasteiger partial charge < -0.3 is 4.74 Å². The number of rotatable bonds is 7. The van der Waals surface area contributed by atoms with E-state index in [9.17, 15) is 0 Å². The van der Waals surface area contributed by atoms with Crippen LogP contribution in [0.4, 0.5) is 22.7 Å². The minimum atomic E-state index is -2.37. The van der Waals surface area contributed by atoms with Crippen LogP contribution in [0.25, 0.3) is 49.9 Å². The Labute approximate surface area is 393 Å². The maximum absolute atomic E-state index is 8.55. The van der Waals surface area contributed by atoms with E-state index in [4.69, 9.17) is 13.8 Å². The molecule has 0 N–H and O–H groups in total. The van der Waals surface area contributed by atoms with Gasteiger partial charge in [-0.1, -0.05) is 153 Å². The normalized spacial score (nSPS) is 13.8. The van der Waals surface area contributed by atoms with Crippen LogP contribution in [0.3, 0.4) is 0 Å². The van der Waals surface area contributed by atoms with Crippen molar-refractivity contribution < 1.29 is 8.85 Å². The van der Waals surface area contributed by atoms with Crippen molar-refractivity contribution in [2.75, 3.05) is 0 Å². The second-order valence-corrected chi connectivity index (χ2v) is 20.6. The number of para-hydroxylation sites is 2. The van der Waals surface area contributed by atoms with E-state index < -0.39 is 6.85 Å². The molecule has 326 valence electrons. The van der Waals surface area contributed by atoms with Gasteiger partial charge >= 0.3 is 11.7 Å². The summed E-state index contributed by atoms with van der Waals surface area (Å²) in [4.78, 5) is 4.92. The van der Waals surface area contributed by atoms with Crippen LogP contribution >= 0.6 is 0 Å². The van der Waals surface area contributed by atoms with Gasteiger partial charge in [0.15, 0.2) is 0 Å². The first-order chi connectivity index (χ1) is 32.7. The van der Waals surface area contributed by atoms with E-state index in [1.807, 2.05) is 77.4 Å². The standard InChI is InChI=1S/C61H58N4O/c1-40-31-57(62-38-53(40)41-19-12-11-13-20-41)65-54-27-15-14-25-51(54)52-30-29-49(37-56(52)65)66-48-24-17-23-46(36-48)63-39-64(47-34-44(60(5,6)7)33-45(35-47)61(8,9)10)58-50(26-18-28-55(58)63)42-21-16-22-43(32-42)59(2,3)4/h11-38H,1-10H3/q+2/i1D3. The van der Waals surface area contributed by atoms with Gasteiger partial charge in [0.25, 0.3) is 5.69 Å². The number of benzene rings is 7. The van der Waals surface area contributed by atoms with Crippen LogP contribution in [0.15, 0.2) is 170 Å². The van der Waals surface area contributed by atoms with E-state index in [1.165, 1.54) is 16.7 Å². The van der Waals surface area contributed by atoms with E-state index >= 15 is 0 Å². The van der Waals surface area contributed by atoms with Crippen molar-refractivity contribution in [1.29, 1.82) is 0 Å². The summed E-state index contributed by atoms with van der Waals surface area (Å²) in [6.07, 6.45) is 1.68. The lowest BCUT2D eigenvalue weighted by Crippen LogP contribution is -2.17. The average molecular weight is 866 g/mol. The Morgan fingerprint density at radius 2 is 1.18 bits per heavy atom. The van der Waals surface area contributed by atoms with Crippen molar-refractivity contribution in [3.8, 4) is 39.6 Å². The highest BCUT2D eigenvalue weighted by atomic mass is 16.5. The third-order valence-corrected chi connectivity index (χ3v) is 12.8. The number of hydrogen-bond acceptors (Lipinski definition) is 2. The quantitative estimate of drug-likeness (QED) is 0.150. The highest BCUT2D eigenvalue weighted by Gasteiger charge is 2.40. The number of aromatic nitrogens is 2. The van der Waals surface area contributed by atoms with Gasteiger partial charge in [-0.15, -0.1) is 0 Å². The molecule has 0 fully saturated rings. The van der Waals surface area contributed by atoms with Crippen molar-refractivity contribution in [3.05, 3.63) is 192 Å². The predicted octanol–water partition coefficient (Wildman–Crippen LogP) is 16.4. The van der Waals surface area contributed by atoms with Gasteiger partial charge in [0.2, 0.25) is 11.4 Å². The highest BCUT2D eigenvalue weighted by molar-refractivity contribution is 6.09. The number of hydrogen-bond donors (Lipinski definition) is 0. The van der Waals surface area contributed by atoms with Crippen LogP contribution in [0.1, 0.15) is 88.7 Å². The second kappa shape index (κ2) is 16.0. The fourth-order valence-electron chi connectivity index (χ4n) is 9.02. The average Bonchev–Trinajstić information content (AvgIpc) is 3.87. The van der Waals surface area contributed by atoms with Crippen molar-refractivity contribution in [2.24, 2.45) is 0 Å². The molecule has 7 aromatic carbocycles. The Hall–Kier alpha value is -7.33. The second-order valence-electron chi connectivity index (χ2n) is 20.6. The molecule has 10 rings (SSSR count). The molecule has 5 nitrogen and oxygen atoms in total. The minimum Gasteiger partial charge on any atom is -0.457 e. The van der Waals surface area contributed by atoms with E-state index in [1.54, 1.807) is 12.3 Å². The Morgan fingerprint density at radius 3 is 1.92 bits per heavy atom. The molecule has 9 aromatic rings. The van der Waals surface area contributed by atoms with Crippen molar-refractivity contribution in [1.82, 2.24) is 18.7 Å². The van der Waals surface area contributed by atoms with Gasteiger partial charge in [0, 0.05) is 57.0 Å². The summed E-state index contributed by atoms with van der Waals surface area (Å²) in [5.41, 5.74) is 13.3. The summed E-state index contributed by atoms with van der Waals surface area (Å²) in [7, 11) is 0. The first-order valence-corrected chi connectivity index (χ1v) is 22.9. The summed E-state index contributed by atoms with van der Waals surface area (Å²) < 4.78 is 38.9. The maximum atomic E-state index is 8.55. The highest BCUT2D eigenvalue weighted by Crippen LogP contribution is 2.46. The summed E-state index contributed by atoms with van der Waals surface area (Å²) in [5, 5.41) is 2.03. The van der Waals surface area contributed by atoms with Crippen molar-refractivity contribution in [2.45, 2.75) is 85.4 Å². The van der Waals surface area contributed by atoms with Crippen LogP contribution < -0.4 is 13.9 Å². The monoisotopic (exact) mass is 865 g/mol. The molecule has 0 aliphatic carbocycles.